The standard InChI is InChI=1S/C14H19N5OS/c1-9-6-15-4-5-19(9)14(20)12-10(2)17-13(21-12)11-7-16-18(3)8-11/h7-9,15H,4-6H2,1-3H3/t9-/m1/s1. The Balaban J connectivity index is 1.88. The van der Waals surface area contributed by atoms with Gasteiger partial charge in [-0.2, -0.15) is 5.10 Å². The van der Waals surface area contributed by atoms with Crippen LogP contribution >= 0.6 is 11.3 Å². The van der Waals surface area contributed by atoms with Crippen LogP contribution in [0.5, 0.6) is 0 Å². The lowest BCUT2D eigenvalue weighted by molar-refractivity contribution is 0.0660. The van der Waals surface area contributed by atoms with Gasteiger partial charge in [-0.25, -0.2) is 4.98 Å². The van der Waals surface area contributed by atoms with Crippen molar-refractivity contribution in [3.05, 3.63) is 23.0 Å². The van der Waals surface area contributed by atoms with Crippen LogP contribution in [0.1, 0.15) is 22.3 Å². The SMILES string of the molecule is Cc1nc(-c2cnn(C)c2)sc1C(=O)N1CCNC[C@H]1C. The van der Waals surface area contributed by atoms with Crippen LogP contribution < -0.4 is 5.32 Å². The van der Waals surface area contributed by atoms with Gasteiger partial charge in [-0.05, 0) is 13.8 Å². The fraction of sp³-hybridized carbons (Fsp3) is 0.500. The maximum Gasteiger partial charge on any atom is 0.266 e. The van der Waals surface area contributed by atoms with Crippen molar-refractivity contribution < 1.29 is 4.79 Å². The maximum absolute atomic E-state index is 12.7. The highest BCUT2D eigenvalue weighted by Gasteiger charge is 2.27. The van der Waals surface area contributed by atoms with Gasteiger partial charge in [-0.15, -0.1) is 11.3 Å². The lowest BCUT2D eigenvalue weighted by atomic mass is 10.2. The average molecular weight is 305 g/mol. The minimum absolute atomic E-state index is 0.0918. The van der Waals surface area contributed by atoms with E-state index in [4.69, 9.17) is 0 Å². The highest BCUT2D eigenvalue weighted by atomic mass is 32.1. The molecule has 0 spiro atoms. The van der Waals surface area contributed by atoms with Crippen LogP contribution in [0.2, 0.25) is 0 Å². The van der Waals surface area contributed by atoms with Crippen LogP contribution in [0.4, 0.5) is 0 Å². The van der Waals surface area contributed by atoms with Crippen molar-refractivity contribution >= 4 is 17.2 Å². The first-order valence-corrected chi connectivity index (χ1v) is 7.86. The van der Waals surface area contributed by atoms with Crippen molar-refractivity contribution in [2.45, 2.75) is 19.9 Å². The number of piperazine rings is 1. The van der Waals surface area contributed by atoms with E-state index in [1.165, 1.54) is 11.3 Å². The number of rotatable bonds is 2. The molecule has 0 aliphatic carbocycles. The van der Waals surface area contributed by atoms with E-state index in [9.17, 15) is 4.79 Å². The maximum atomic E-state index is 12.7. The predicted molar refractivity (Wildman–Crippen MR) is 82.4 cm³/mol. The summed E-state index contributed by atoms with van der Waals surface area (Å²) < 4.78 is 1.74. The molecule has 0 unspecified atom stereocenters. The second kappa shape index (κ2) is 5.57. The Labute approximate surface area is 127 Å². The highest BCUT2D eigenvalue weighted by Crippen LogP contribution is 2.29. The summed E-state index contributed by atoms with van der Waals surface area (Å²) >= 11 is 1.45. The molecule has 0 saturated carbocycles. The molecule has 7 heteroatoms. The predicted octanol–water partition coefficient (Wildman–Crippen LogP) is 1.29. The van der Waals surface area contributed by atoms with Gasteiger partial charge in [0.15, 0.2) is 0 Å². The van der Waals surface area contributed by atoms with Crippen LogP contribution in [0, 0.1) is 6.92 Å². The third-order valence-corrected chi connectivity index (χ3v) is 4.90. The summed E-state index contributed by atoms with van der Waals surface area (Å²) in [5.74, 6) is 0.0918. The number of hydrogen-bond acceptors (Lipinski definition) is 5. The summed E-state index contributed by atoms with van der Waals surface area (Å²) in [6.45, 7) is 6.42. The second-order valence-electron chi connectivity index (χ2n) is 5.39. The molecule has 1 N–H and O–H groups in total. The van der Waals surface area contributed by atoms with Crippen molar-refractivity contribution in [2.24, 2.45) is 7.05 Å². The molecule has 0 radical (unpaired) electrons. The topological polar surface area (TPSA) is 63.1 Å². The molecule has 1 saturated heterocycles. The molecule has 1 fully saturated rings. The number of thiazole rings is 1. The summed E-state index contributed by atoms with van der Waals surface area (Å²) in [4.78, 5) is 19.9. The zero-order chi connectivity index (χ0) is 15.0. The van der Waals surface area contributed by atoms with Gasteiger partial charge in [0.25, 0.3) is 5.91 Å². The quantitative estimate of drug-likeness (QED) is 0.908. The Bertz CT molecular complexity index is 662. The van der Waals surface area contributed by atoms with E-state index >= 15 is 0 Å². The fourth-order valence-corrected chi connectivity index (χ4v) is 3.52. The number of nitrogens with one attached hydrogen (secondary N) is 1. The molecule has 1 amide bonds. The second-order valence-corrected chi connectivity index (χ2v) is 6.39. The number of nitrogens with zero attached hydrogens (tertiary/aromatic N) is 4. The van der Waals surface area contributed by atoms with E-state index in [0.29, 0.717) is 0 Å². The van der Waals surface area contributed by atoms with Gasteiger partial charge < -0.3 is 10.2 Å². The number of carbonyl (C=O) groups is 1. The fourth-order valence-electron chi connectivity index (χ4n) is 2.52. The zero-order valence-electron chi connectivity index (χ0n) is 12.5. The molecule has 2 aromatic rings. The lowest BCUT2D eigenvalue weighted by Crippen LogP contribution is -2.52. The number of hydrogen-bond donors (Lipinski definition) is 1. The average Bonchev–Trinajstić information content (AvgIpc) is 3.05. The Kier molecular flexibility index (Phi) is 3.77. The van der Waals surface area contributed by atoms with Gasteiger partial charge in [-0.1, -0.05) is 0 Å². The molecular formula is C14H19N5OS. The molecule has 1 aliphatic rings. The van der Waals surface area contributed by atoms with Gasteiger partial charge in [-0.3, -0.25) is 9.48 Å². The highest BCUT2D eigenvalue weighted by molar-refractivity contribution is 7.17. The van der Waals surface area contributed by atoms with Crippen molar-refractivity contribution in [1.82, 2.24) is 25.0 Å². The van der Waals surface area contributed by atoms with Crippen molar-refractivity contribution in [3.8, 4) is 10.6 Å². The van der Waals surface area contributed by atoms with Crippen LogP contribution in [-0.4, -0.2) is 51.2 Å². The Morgan fingerprint density at radius 2 is 2.33 bits per heavy atom. The smallest absolute Gasteiger partial charge is 0.266 e. The van der Waals surface area contributed by atoms with E-state index in [1.807, 2.05) is 25.1 Å². The summed E-state index contributed by atoms with van der Waals surface area (Å²) in [6, 6.07) is 0.217. The monoisotopic (exact) mass is 305 g/mol. The van der Waals surface area contributed by atoms with E-state index in [2.05, 4.69) is 22.3 Å². The number of aryl methyl sites for hydroxylation is 2. The molecule has 1 aliphatic heterocycles. The van der Waals surface area contributed by atoms with Crippen molar-refractivity contribution in [3.63, 3.8) is 0 Å². The Hall–Kier alpha value is -1.73. The van der Waals surface area contributed by atoms with Gasteiger partial charge >= 0.3 is 0 Å². The van der Waals surface area contributed by atoms with Crippen LogP contribution in [0.15, 0.2) is 12.4 Å². The van der Waals surface area contributed by atoms with Gasteiger partial charge in [0, 0.05) is 44.5 Å². The molecule has 6 nitrogen and oxygen atoms in total. The third-order valence-electron chi connectivity index (χ3n) is 3.70. The molecule has 1 atom stereocenters. The number of amides is 1. The Morgan fingerprint density at radius 3 is 3.00 bits per heavy atom. The first-order chi connectivity index (χ1) is 10.1. The first kappa shape index (κ1) is 14.2. The first-order valence-electron chi connectivity index (χ1n) is 7.04. The van der Waals surface area contributed by atoms with Gasteiger partial charge in [0.1, 0.15) is 9.88 Å². The summed E-state index contributed by atoms with van der Waals surface area (Å²) in [7, 11) is 1.87. The zero-order valence-corrected chi connectivity index (χ0v) is 13.3. The van der Waals surface area contributed by atoms with Crippen LogP contribution in [-0.2, 0) is 7.05 Å². The summed E-state index contributed by atoms with van der Waals surface area (Å²) in [5, 5.41) is 8.31. The minimum atomic E-state index is 0.0918. The molecule has 0 aromatic carbocycles. The lowest BCUT2D eigenvalue weighted by Gasteiger charge is -2.33. The van der Waals surface area contributed by atoms with E-state index < -0.39 is 0 Å². The summed E-state index contributed by atoms with van der Waals surface area (Å²) in [5.41, 5.74) is 1.76. The molecule has 3 rings (SSSR count). The minimum Gasteiger partial charge on any atom is -0.333 e. The van der Waals surface area contributed by atoms with Gasteiger partial charge in [0.05, 0.1) is 11.9 Å². The normalized spacial score (nSPS) is 19.0. The third kappa shape index (κ3) is 2.71. The number of carbonyl (C=O) groups excluding carboxylic acids is 1. The van der Waals surface area contributed by atoms with Crippen molar-refractivity contribution in [1.29, 1.82) is 0 Å². The van der Waals surface area contributed by atoms with E-state index in [1.54, 1.807) is 10.9 Å². The Morgan fingerprint density at radius 1 is 1.52 bits per heavy atom. The molecule has 112 valence electrons. The molecule has 0 bridgehead atoms. The molecular weight excluding hydrogens is 286 g/mol. The molecule has 21 heavy (non-hydrogen) atoms. The number of aromatic nitrogens is 3. The van der Waals surface area contributed by atoms with Crippen LogP contribution in [0.25, 0.3) is 10.6 Å². The van der Waals surface area contributed by atoms with E-state index in [-0.39, 0.29) is 11.9 Å². The summed E-state index contributed by atoms with van der Waals surface area (Å²) in [6.07, 6.45) is 3.69. The van der Waals surface area contributed by atoms with E-state index in [0.717, 1.165) is 40.8 Å². The molecule has 3 heterocycles. The molecule has 2 aromatic heterocycles. The largest absolute Gasteiger partial charge is 0.333 e. The van der Waals surface area contributed by atoms with Crippen molar-refractivity contribution in [2.75, 3.05) is 19.6 Å². The van der Waals surface area contributed by atoms with Crippen LogP contribution in [0.3, 0.4) is 0 Å². The van der Waals surface area contributed by atoms with Gasteiger partial charge in [0.2, 0.25) is 0 Å².